The Hall–Kier alpha value is -3.41. The maximum atomic E-state index is 11.3. The van der Waals surface area contributed by atoms with Gasteiger partial charge >= 0.3 is 0 Å². The van der Waals surface area contributed by atoms with Gasteiger partial charge in [0.25, 0.3) is 0 Å². The molecule has 0 saturated carbocycles. The second-order valence-corrected chi connectivity index (χ2v) is 6.58. The minimum atomic E-state index is -0.100. The van der Waals surface area contributed by atoms with Gasteiger partial charge in [0.2, 0.25) is 11.9 Å². The summed E-state index contributed by atoms with van der Waals surface area (Å²) in [6.07, 6.45) is 0. The molecule has 0 fully saturated rings. The number of hydrogen-bond donors (Lipinski definition) is 2. The van der Waals surface area contributed by atoms with E-state index < -0.39 is 0 Å². The fourth-order valence-corrected chi connectivity index (χ4v) is 2.91. The van der Waals surface area contributed by atoms with E-state index in [1.165, 1.54) is 12.5 Å². The quantitative estimate of drug-likeness (QED) is 0.636. The molecule has 0 unspecified atom stereocenters. The van der Waals surface area contributed by atoms with Crippen LogP contribution < -0.4 is 15.5 Å². The molecule has 144 valence electrons. The van der Waals surface area contributed by atoms with Crippen LogP contribution in [0.15, 0.2) is 60.7 Å². The standard InChI is InChI=1S/C22H25N5O/c1-4-27(15-18-9-6-5-7-10-18)22-23-16(2)13-21(26-22)25-20-12-8-11-19(14-20)24-17(3)28/h5-14H,4,15H2,1-3H3,(H,24,28)(H,23,25,26). The Morgan fingerprint density at radius 2 is 1.75 bits per heavy atom. The van der Waals surface area contributed by atoms with E-state index in [-0.39, 0.29) is 5.91 Å². The lowest BCUT2D eigenvalue weighted by molar-refractivity contribution is -0.114. The fraction of sp³-hybridized carbons (Fsp3) is 0.227. The molecule has 1 amide bonds. The van der Waals surface area contributed by atoms with E-state index >= 15 is 0 Å². The molecule has 0 saturated heterocycles. The molecule has 0 radical (unpaired) electrons. The third-order valence-electron chi connectivity index (χ3n) is 4.18. The van der Waals surface area contributed by atoms with Crippen LogP contribution in [0.2, 0.25) is 0 Å². The minimum absolute atomic E-state index is 0.100. The third-order valence-corrected chi connectivity index (χ3v) is 4.18. The zero-order chi connectivity index (χ0) is 19.9. The zero-order valence-electron chi connectivity index (χ0n) is 16.4. The first-order chi connectivity index (χ1) is 13.5. The lowest BCUT2D eigenvalue weighted by atomic mass is 10.2. The molecular weight excluding hydrogens is 350 g/mol. The summed E-state index contributed by atoms with van der Waals surface area (Å²) in [6.45, 7) is 7.10. The monoisotopic (exact) mass is 375 g/mol. The molecule has 0 aliphatic rings. The van der Waals surface area contributed by atoms with Crippen LogP contribution in [0.3, 0.4) is 0 Å². The summed E-state index contributed by atoms with van der Waals surface area (Å²) >= 11 is 0. The average Bonchev–Trinajstić information content (AvgIpc) is 2.66. The van der Waals surface area contributed by atoms with Gasteiger partial charge in [-0.1, -0.05) is 36.4 Å². The summed E-state index contributed by atoms with van der Waals surface area (Å²) in [4.78, 5) is 22.7. The summed E-state index contributed by atoms with van der Waals surface area (Å²) in [6, 6.07) is 19.7. The number of carbonyl (C=O) groups is 1. The second-order valence-electron chi connectivity index (χ2n) is 6.58. The molecule has 0 bridgehead atoms. The minimum Gasteiger partial charge on any atom is -0.340 e. The number of rotatable bonds is 7. The number of anilines is 4. The van der Waals surface area contributed by atoms with E-state index in [1.54, 1.807) is 0 Å². The van der Waals surface area contributed by atoms with Gasteiger partial charge in [0.1, 0.15) is 5.82 Å². The summed E-state index contributed by atoms with van der Waals surface area (Å²) < 4.78 is 0. The molecule has 0 atom stereocenters. The number of aryl methyl sites for hydroxylation is 1. The van der Waals surface area contributed by atoms with E-state index in [0.29, 0.717) is 11.8 Å². The van der Waals surface area contributed by atoms with Crippen molar-refractivity contribution in [3.63, 3.8) is 0 Å². The molecule has 3 aromatic rings. The van der Waals surface area contributed by atoms with Crippen LogP contribution in [-0.2, 0) is 11.3 Å². The van der Waals surface area contributed by atoms with Gasteiger partial charge in [-0.25, -0.2) is 4.98 Å². The topological polar surface area (TPSA) is 70.2 Å². The molecule has 1 aromatic heterocycles. The highest BCUT2D eigenvalue weighted by Gasteiger charge is 2.11. The van der Waals surface area contributed by atoms with Crippen molar-refractivity contribution in [1.82, 2.24) is 9.97 Å². The summed E-state index contributed by atoms with van der Waals surface area (Å²) in [5.74, 6) is 1.30. The maximum Gasteiger partial charge on any atom is 0.227 e. The number of nitrogens with zero attached hydrogens (tertiary/aromatic N) is 3. The number of hydrogen-bond acceptors (Lipinski definition) is 5. The second kappa shape index (κ2) is 8.99. The zero-order valence-corrected chi connectivity index (χ0v) is 16.4. The van der Waals surface area contributed by atoms with Crippen LogP contribution in [0.4, 0.5) is 23.1 Å². The highest BCUT2D eigenvalue weighted by molar-refractivity contribution is 5.89. The lowest BCUT2D eigenvalue weighted by Crippen LogP contribution is -2.24. The van der Waals surface area contributed by atoms with Gasteiger partial charge in [-0.15, -0.1) is 0 Å². The lowest BCUT2D eigenvalue weighted by Gasteiger charge is -2.22. The molecule has 6 heteroatoms. The van der Waals surface area contributed by atoms with Gasteiger partial charge in [-0.2, -0.15) is 4.98 Å². The highest BCUT2D eigenvalue weighted by Crippen LogP contribution is 2.22. The van der Waals surface area contributed by atoms with Crippen molar-refractivity contribution in [3.8, 4) is 0 Å². The Balaban J connectivity index is 1.81. The average molecular weight is 375 g/mol. The van der Waals surface area contributed by atoms with Crippen LogP contribution >= 0.6 is 0 Å². The number of carbonyl (C=O) groups excluding carboxylic acids is 1. The van der Waals surface area contributed by atoms with E-state index in [4.69, 9.17) is 4.98 Å². The van der Waals surface area contributed by atoms with Gasteiger partial charge in [0, 0.05) is 43.1 Å². The number of benzene rings is 2. The molecule has 6 nitrogen and oxygen atoms in total. The molecule has 28 heavy (non-hydrogen) atoms. The van der Waals surface area contributed by atoms with Gasteiger partial charge in [-0.05, 0) is 37.6 Å². The van der Waals surface area contributed by atoms with Crippen LogP contribution in [0.1, 0.15) is 25.1 Å². The van der Waals surface area contributed by atoms with Crippen molar-refractivity contribution in [3.05, 3.63) is 71.9 Å². The van der Waals surface area contributed by atoms with Crippen molar-refractivity contribution in [2.75, 3.05) is 22.1 Å². The molecular formula is C22H25N5O. The first kappa shape index (κ1) is 19.4. The van der Waals surface area contributed by atoms with Crippen molar-refractivity contribution in [2.45, 2.75) is 27.3 Å². The molecule has 0 spiro atoms. The summed E-state index contributed by atoms with van der Waals surface area (Å²) in [5, 5.41) is 6.10. The molecule has 3 rings (SSSR count). The highest BCUT2D eigenvalue weighted by atomic mass is 16.1. The van der Waals surface area contributed by atoms with Crippen molar-refractivity contribution >= 4 is 29.0 Å². The molecule has 1 heterocycles. The summed E-state index contributed by atoms with van der Waals surface area (Å²) in [7, 11) is 0. The van der Waals surface area contributed by atoms with Crippen molar-refractivity contribution in [1.29, 1.82) is 0 Å². The molecule has 0 aliphatic heterocycles. The Bertz CT molecular complexity index is 943. The van der Waals surface area contributed by atoms with Gasteiger partial charge in [0.15, 0.2) is 0 Å². The fourth-order valence-electron chi connectivity index (χ4n) is 2.91. The van der Waals surface area contributed by atoms with E-state index in [1.807, 2.05) is 55.5 Å². The van der Waals surface area contributed by atoms with Crippen LogP contribution in [0, 0.1) is 6.92 Å². The van der Waals surface area contributed by atoms with Crippen LogP contribution in [-0.4, -0.2) is 22.4 Å². The van der Waals surface area contributed by atoms with E-state index in [0.717, 1.165) is 30.2 Å². The van der Waals surface area contributed by atoms with Crippen molar-refractivity contribution in [2.24, 2.45) is 0 Å². The molecule has 2 N–H and O–H groups in total. The largest absolute Gasteiger partial charge is 0.340 e. The van der Waals surface area contributed by atoms with Gasteiger partial charge in [-0.3, -0.25) is 4.79 Å². The number of aromatic nitrogens is 2. The Labute approximate surface area is 165 Å². The summed E-state index contributed by atoms with van der Waals surface area (Å²) in [5.41, 5.74) is 3.69. The predicted molar refractivity (Wildman–Crippen MR) is 114 cm³/mol. The Morgan fingerprint density at radius 1 is 1.00 bits per heavy atom. The van der Waals surface area contributed by atoms with E-state index in [2.05, 4.69) is 39.6 Å². The van der Waals surface area contributed by atoms with Gasteiger partial charge in [0.05, 0.1) is 0 Å². The van der Waals surface area contributed by atoms with E-state index in [9.17, 15) is 4.79 Å². The predicted octanol–water partition coefficient (Wildman–Crippen LogP) is 4.51. The number of amides is 1. The Kier molecular flexibility index (Phi) is 6.22. The maximum absolute atomic E-state index is 11.3. The smallest absolute Gasteiger partial charge is 0.227 e. The van der Waals surface area contributed by atoms with Gasteiger partial charge < -0.3 is 15.5 Å². The first-order valence-corrected chi connectivity index (χ1v) is 9.32. The Morgan fingerprint density at radius 3 is 2.46 bits per heavy atom. The third kappa shape index (κ3) is 5.30. The molecule has 2 aromatic carbocycles. The first-order valence-electron chi connectivity index (χ1n) is 9.32. The molecule has 0 aliphatic carbocycles. The SMILES string of the molecule is CCN(Cc1ccccc1)c1nc(C)cc(Nc2cccc(NC(C)=O)c2)n1. The van der Waals surface area contributed by atoms with Crippen LogP contribution in [0.5, 0.6) is 0 Å². The van der Waals surface area contributed by atoms with Crippen LogP contribution in [0.25, 0.3) is 0 Å². The number of nitrogens with one attached hydrogen (secondary N) is 2. The van der Waals surface area contributed by atoms with Crippen molar-refractivity contribution < 1.29 is 4.79 Å². The normalized spacial score (nSPS) is 10.4.